The average molecular weight is 97.0 g/mol. The summed E-state index contributed by atoms with van der Waals surface area (Å²) in [4.78, 5) is 3.85. The van der Waals surface area contributed by atoms with Gasteiger partial charge in [0.15, 0.2) is 0 Å². The van der Waals surface area contributed by atoms with Gasteiger partial charge < -0.3 is 0 Å². The highest BCUT2D eigenvalue weighted by atomic mass is 32.2. The molecule has 1 aliphatic heterocycles. The van der Waals surface area contributed by atoms with Crippen molar-refractivity contribution in [2.24, 2.45) is 4.99 Å². The van der Waals surface area contributed by atoms with E-state index in [9.17, 15) is 0 Å². The fourth-order valence-corrected chi connectivity index (χ4v) is 0.873. The lowest BCUT2D eigenvalue weighted by molar-refractivity contribution is 1.32. The zero-order valence-corrected chi connectivity index (χ0v) is 4.11. The van der Waals surface area contributed by atoms with Crippen molar-refractivity contribution in [2.75, 3.05) is 5.75 Å². The molecule has 2 radical (unpaired) electrons. The summed E-state index contributed by atoms with van der Waals surface area (Å²) in [5.41, 5.74) is 0. The quantitative estimate of drug-likeness (QED) is 0.395. The minimum Gasteiger partial charge on any atom is -0.293 e. The predicted octanol–water partition coefficient (Wildman–Crippen LogP) is 0.256. The molecular formula is C3H4BNS. The van der Waals surface area contributed by atoms with Gasteiger partial charge in [-0.15, -0.1) is 11.8 Å². The third kappa shape index (κ3) is 0.774. The van der Waals surface area contributed by atoms with E-state index in [0.29, 0.717) is 0 Å². The zero-order chi connectivity index (χ0) is 4.41. The Morgan fingerprint density at radius 1 is 2.00 bits per heavy atom. The molecule has 1 rings (SSSR count). The molecule has 3 heteroatoms. The fourth-order valence-electron chi connectivity index (χ4n) is 0.332. The van der Waals surface area contributed by atoms with E-state index < -0.39 is 0 Å². The number of thioether (sulfide) groups is 1. The van der Waals surface area contributed by atoms with Gasteiger partial charge in [0.2, 0.25) is 0 Å². The average Bonchev–Trinajstić information content (AvgIpc) is 1.86. The van der Waals surface area contributed by atoms with E-state index in [-0.39, 0.29) is 5.27 Å². The maximum atomic E-state index is 5.30. The standard InChI is InChI=1S/C3H4BNS/c4-3-5-1-2-6-3/h1,3H,2H2. The second-order valence-corrected chi connectivity index (χ2v) is 2.21. The van der Waals surface area contributed by atoms with Gasteiger partial charge >= 0.3 is 0 Å². The Kier molecular flexibility index (Phi) is 1.20. The van der Waals surface area contributed by atoms with Crippen LogP contribution in [-0.4, -0.2) is 25.1 Å². The van der Waals surface area contributed by atoms with Crippen LogP contribution in [0.3, 0.4) is 0 Å². The van der Waals surface area contributed by atoms with Gasteiger partial charge in [0.25, 0.3) is 0 Å². The Balaban J connectivity index is 2.38. The Morgan fingerprint density at radius 3 is 3.00 bits per heavy atom. The summed E-state index contributed by atoms with van der Waals surface area (Å²) in [5, 5.41) is 0.0324. The molecule has 6 heavy (non-hydrogen) atoms. The zero-order valence-electron chi connectivity index (χ0n) is 3.29. The lowest BCUT2D eigenvalue weighted by Crippen LogP contribution is -1.88. The van der Waals surface area contributed by atoms with Crippen molar-refractivity contribution in [3.63, 3.8) is 0 Å². The van der Waals surface area contributed by atoms with E-state index in [0.717, 1.165) is 5.75 Å². The third-order valence-electron chi connectivity index (χ3n) is 0.594. The van der Waals surface area contributed by atoms with Crippen LogP contribution in [-0.2, 0) is 0 Å². The number of nitrogens with zero attached hydrogens (tertiary/aromatic N) is 1. The summed E-state index contributed by atoms with van der Waals surface area (Å²) < 4.78 is 0. The summed E-state index contributed by atoms with van der Waals surface area (Å²) in [5.74, 6) is 0.987. The van der Waals surface area contributed by atoms with Crippen LogP contribution in [0.1, 0.15) is 0 Å². The van der Waals surface area contributed by atoms with Crippen LogP contribution in [0.25, 0.3) is 0 Å². The van der Waals surface area contributed by atoms with Gasteiger partial charge in [0.1, 0.15) is 7.85 Å². The molecule has 0 aromatic carbocycles. The summed E-state index contributed by atoms with van der Waals surface area (Å²) in [6, 6.07) is 0. The first-order valence-corrected chi connectivity index (χ1v) is 2.83. The number of rotatable bonds is 0. The van der Waals surface area contributed by atoms with Crippen molar-refractivity contribution >= 4 is 25.8 Å². The number of aliphatic imine (C=N–C) groups is 1. The van der Waals surface area contributed by atoms with E-state index in [4.69, 9.17) is 7.85 Å². The van der Waals surface area contributed by atoms with E-state index in [2.05, 4.69) is 4.99 Å². The molecule has 0 bridgehead atoms. The van der Waals surface area contributed by atoms with Gasteiger partial charge in [-0.1, -0.05) is 0 Å². The molecule has 0 saturated carbocycles. The Bertz CT molecular complexity index is 73.2. The minimum atomic E-state index is 0.0324. The largest absolute Gasteiger partial charge is 0.293 e. The Morgan fingerprint density at radius 2 is 2.83 bits per heavy atom. The number of hydrogen-bond acceptors (Lipinski definition) is 2. The first kappa shape index (κ1) is 4.25. The molecule has 0 fully saturated rings. The first-order valence-electron chi connectivity index (χ1n) is 1.78. The van der Waals surface area contributed by atoms with Crippen molar-refractivity contribution in [1.29, 1.82) is 0 Å². The fraction of sp³-hybridized carbons (Fsp3) is 0.667. The molecule has 0 N–H and O–H groups in total. The molecule has 0 spiro atoms. The highest BCUT2D eigenvalue weighted by molar-refractivity contribution is 8.01. The molecule has 0 aromatic heterocycles. The van der Waals surface area contributed by atoms with Gasteiger partial charge in [0, 0.05) is 12.0 Å². The van der Waals surface area contributed by atoms with Crippen molar-refractivity contribution in [3.05, 3.63) is 0 Å². The second-order valence-electron chi connectivity index (χ2n) is 1.06. The molecule has 0 amide bonds. The lowest BCUT2D eigenvalue weighted by atomic mass is 10.2. The van der Waals surface area contributed by atoms with E-state index in [1.807, 2.05) is 6.21 Å². The molecule has 0 aromatic rings. The van der Waals surface area contributed by atoms with Crippen molar-refractivity contribution < 1.29 is 0 Å². The van der Waals surface area contributed by atoms with Crippen LogP contribution in [0.5, 0.6) is 0 Å². The number of hydrogen-bond donors (Lipinski definition) is 0. The molecule has 1 atom stereocenters. The summed E-state index contributed by atoms with van der Waals surface area (Å²) in [6.45, 7) is 0. The lowest BCUT2D eigenvalue weighted by Gasteiger charge is -1.89. The second kappa shape index (κ2) is 1.69. The van der Waals surface area contributed by atoms with Crippen LogP contribution in [0.2, 0.25) is 0 Å². The maximum Gasteiger partial charge on any atom is 0.117 e. The normalized spacial score (nSPS) is 31.7. The third-order valence-corrected chi connectivity index (χ3v) is 1.40. The van der Waals surface area contributed by atoms with E-state index in [1.165, 1.54) is 0 Å². The van der Waals surface area contributed by atoms with Gasteiger partial charge in [0.05, 0.1) is 5.27 Å². The van der Waals surface area contributed by atoms with E-state index in [1.54, 1.807) is 11.8 Å². The van der Waals surface area contributed by atoms with Crippen LogP contribution in [0, 0.1) is 0 Å². The van der Waals surface area contributed by atoms with Crippen LogP contribution >= 0.6 is 11.8 Å². The van der Waals surface area contributed by atoms with Crippen LogP contribution in [0.4, 0.5) is 0 Å². The van der Waals surface area contributed by atoms with Gasteiger partial charge in [-0.3, -0.25) is 4.99 Å². The molecule has 1 unspecified atom stereocenters. The van der Waals surface area contributed by atoms with Gasteiger partial charge in [-0.05, 0) is 0 Å². The SMILES string of the molecule is [B]C1N=CCS1. The summed E-state index contributed by atoms with van der Waals surface area (Å²) >= 11 is 1.65. The Hall–Kier alpha value is 0.0849. The minimum absolute atomic E-state index is 0.0324. The first-order chi connectivity index (χ1) is 2.89. The highest BCUT2D eigenvalue weighted by Crippen LogP contribution is 2.11. The van der Waals surface area contributed by atoms with Crippen LogP contribution in [0.15, 0.2) is 4.99 Å². The topological polar surface area (TPSA) is 12.4 Å². The summed E-state index contributed by atoms with van der Waals surface area (Å²) in [7, 11) is 5.30. The van der Waals surface area contributed by atoms with Gasteiger partial charge in [-0.2, -0.15) is 0 Å². The highest BCUT2D eigenvalue weighted by Gasteiger charge is 2.00. The van der Waals surface area contributed by atoms with Crippen LogP contribution < -0.4 is 0 Å². The molecule has 0 aliphatic carbocycles. The molecule has 1 heterocycles. The molecule has 1 nitrogen and oxygen atoms in total. The molecule has 1 aliphatic rings. The predicted molar refractivity (Wildman–Crippen MR) is 30.5 cm³/mol. The van der Waals surface area contributed by atoms with Crippen molar-refractivity contribution in [3.8, 4) is 0 Å². The Labute approximate surface area is 42.6 Å². The molecule has 0 saturated heterocycles. The van der Waals surface area contributed by atoms with Gasteiger partial charge in [-0.25, -0.2) is 0 Å². The molecule has 30 valence electrons. The molecular weight excluding hydrogens is 92.9 g/mol. The maximum absolute atomic E-state index is 5.30. The summed E-state index contributed by atoms with van der Waals surface area (Å²) in [6.07, 6.45) is 1.84. The van der Waals surface area contributed by atoms with Crippen molar-refractivity contribution in [1.82, 2.24) is 0 Å². The smallest absolute Gasteiger partial charge is 0.117 e. The van der Waals surface area contributed by atoms with Crippen molar-refractivity contribution in [2.45, 2.75) is 5.27 Å². The monoisotopic (exact) mass is 97.0 g/mol. The van der Waals surface area contributed by atoms with E-state index >= 15 is 0 Å².